The van der Waals surface area contributed by atoms with E-state index in [4.69, 9.17) is 0 Å². The van der Waals surface area contributed by atoms with E-state index in [2.05, 4.69) is 38.8 Å². The molecule has 7 nitrogen and oxygen atoms in total. The van der Waals surface area contributed by atoms with Gasteiger partial charge in [-0.05, 0) is 36.6 Å². The predicted octanol–water partition coefficient (Wildman–Crippen LogP) is 2.91. The second-order valence-electron chi connectivity index (χ2n) is 8.18. The smallest absolute Gasteiger partial charge is 0.269 e. The number of aromatic nitrogens is 3. The molecule has 2 saturated carbocycles. The Bertz CT molecular complexity index is 1190. The number of likely N-dealkylation sites (tertiary alicyclic amines) is 1. The van der Waals surface area contributed by atoms with Crippen molar-refractivity contribution >= 4 is 17.7 Å². The molecule has 0 bridgehead atoms. The van der Waals surface area contributed by atoms with E-state index in [9.17, 15) is 10.1 Å². The molecule has 1 aliphatic heterocycles. The van der Waals surface area contributed by atoms with E-state index in [1.165, 1.54) is 0 Å². The van der Waals surface area contributed by atoms with Crippen molar-refractivity contribution in [1.82, 2.24) is 25.4 Å². The number of carbonyl (C=O) groups is 1. The van der Waals surface area contributed by atoms with E-state index in [0.29, 0.717) is 35.8 Å². The molecule has 1 amide bonds. The van der Waals surface area contributed by atoms with Gasteiger partial charge in [-0.25, -0.2) is 0 Å². The summed E-state index contributed by atoms with van der Waals surface area (Å²) < 4.78 is 0. The number of hydrogen-bond acceptors (Lipinski definition) is 6. The zero-order valence-electron chi connectivity index (χ0n) is 15.9. The van der Waals surface area contributed by atoms with Crippen molar-refractivity contribution in [3.05, 3.63) is 60.6 Å². The summed E-state index contributed by atoms with van der Waals surface area (Å²) in [6, 6.07) is 14.2. The fraction of sp³-hybridized carbons (Fsp3) is 0.273. The lowest BCUT2D eigenvalue weighted by Gasteiger charge is -2.42. The number of amides is 1. The quantitative estimate of drug-likeness (QED) is 0.623. The van der Waals surface area contributed by atoms with Crippen molar-refractivity contribution in [2.75, 3.05) is 6.54 Å². The first-order chi connectivity index (χ1) is 14.7. The first-order valence-electron chi connectivity index (χ1n) is 9.90. The van der Waals surface area contributed by atoms with Gasteiger partial charge in [0, 0.05) is 39.7 Å². The molecule has 3 heterocycles. The monoisotopic (exact) mass is 414 g/mol. The molecular formula is C22H18N6OS. The van der Waals surface area contributed by atoms with Crippen LogP contribution >= 0.6 is 11.8 Å². The van der Waals surface area contributed by atoms with Crippen molar-refractivity contribution in [3.63, 3.8) is 0 Å². The van der Waals surface area contributed by atoms with Crippen molar-refractivity contribution < 1.29 is 4.79 Å². The van der Waals surface area contributed by atoms with Crippen LogP contribution in [0.3, 0.4) is 0 Å². The van der Waals surface area contributed by atoms with Crippen LogP contribution in [0.1, 0.15) is 16.9 Å². The second-order valence-corrected chi connectivity index (χ2v) is 9.29. The normalized spacial score (nSPS) is 27.7. The van der Waals surface area contributed by atoms with E-state index in [1.807, 2.05) is 29.2 Å². The maximum Gasteiger partial charge on any atom is 0.269 e. The van der Waals surface area contributed by atoms with Gasteiger partial charge in [0.1, 0.15) is 5.69 Å². The number of pyridine rings is 1. The molecule has 30 heavy (non-hydrogen) atoms. The summed E-state index contributed by atoms with van der Waals surface area (Å²) >= 11 is 1.64. The Morgan fingerprint density at radius 1 is 1.33 bits per heavy atom. The van der Waals surface area contributed by atoms with Crippen LogP contribution in [-0.4, -0.2) is 44.1 Å². The Morgan fingerprint density at radius 2 is 2.20 bits per heavy atom. The lowest BCUT2D eigenvalue weighted by Crippen LogP contribution is -2.59. The highest BCUT2D eigenvalue weighted by Crippen LogP contribution is 2.69. The summed E-state index contributed by atoms with van der Waals surface area (Å²) in [5.74, 6) is 0.832. The van der Waals surface area contributed by atoms with Crippen molar-refractivity contribution in [3.8, 4) is 17.5 Å². The van der Waals surface area contributed by atoms with E-state index >= 15 is 0 Å². The number of nitrogens with one attached hydrogen (secondary N) is 2. The van der Waals surface area contributed by atoms with Crippen LogP contribution in [0.2, 0.25) is 0 Å². The Hall–Kier alpha value is -3.31. The lowest BCUT2D eigenvalue weighted by molar-refractivity contribution is 0.0765. The Balaban J connectivity index is 1.22. The molecule has 3 fully saturated rings. The molecule has 3 unspecified atom stereocenters. The first kappa shape index (κ1) is 17.5. The van der Waals surface area contributed by atoms with Crippen LogP contribution in [0.15, 0.2) is 64.6 Å². The van der Waals surface area contributed by atoms with Gasteiger partial charge in [0.25, 0.3) is 5.91 Å². The highest BCUT2D eigenvalue weighted by Gasteiger charge is 2.79. The molecule has 4 atom stereocenters. The zero-order valence-corrected chi connectivity index (χ0v) is 16.8. The molecule has 1 saturated heterocycles. The molecule has 8 heteroatoms. The summed E-state index contributed by atoms with van der Waals surface area (Å²) in [6.07, 6.45) is 6.76. The number of hydrogen-bond donors (Lipinski definition) is 2. The first-order valence-corrected chi connectivity index (χ1v) is 10.7. The van der Waals surface area contributed by atoms with E-state index in [0.717, 1.165) is 21.8 Å². The van der Waals surface area contributed by atoms with Gasteiger partial charge in [-0.2, -0.15) is 10.4 Å². The van der Waals surface area contributed by atoms with Gasteiger partial charge >= 0.3 is 0 Å². The number of piperidine rings is 2. The fourth-order valence-corrected chi connectivity index (χ4v) is 6.11. The van der Waals surface area contributed by atoms with Crippen molar-refractivity contribution in [2.45, 2.75) is 27.8 Å². The number of nitriles is 1. The van der Waals surface area contributed by atoms with Gasteiger partial charge in [0.05, 0.1) is 17.8 Å². The molecule has 0 spiro atoms. The maximum atomic E-state index is 12.9. The van der Waals surface area contributed by atoms with Gasteiger partial charge in [-0.3, -0.25) is 14.9 Å². The van der Waals surface area contributed by atoms with Gasteiger partial charge in [-0.15, -0.1) is 0 Å². The number of nitrogens with zero attached hydrogens (tertiary/aromatic N) is 4. The molecule has 3 aromatic rings. The third-order valence-electron chi connectivity index (χ3n) is 6.52. The van der Waals surface area contributed by atoms with E-state index in [1.54, 1.807) is 30.2 Å². The summed E-state index contributed by atoms with van der Waals surface area (Å²) in [4.78, 5) is 21.1. The molecule has 2 aliphatic carbocycles. The van der Waals surface area contributed by atoms with Crippen LogP contribution in [0, 0.1) is 23.3 Å². The third kappa shape index (κ3) is 2.55. The van der Waals surface area contributed by atoms with Gasteiger partial charge in [0.2, 0.25) is 0 Å². The summed E-state index contributed by atoms with van der Waals surface area (Å²) in [5.41, 5.74) is 1.73. The highest BCUT2D eigenvalue weighted by molar-refractivity contribution is 7.99. The Kier molecular flexibility index (Phi) is 3.71. The molecule has 2 aromatic heterocycles. The standard InChI is InChI=1S/C22H18N6OS/c23-12-28-11-22(9-14-19(22)20(14)28)25-21(29)17-8-16(26-27-17)15-10-24-7-6-18(15)30-13-4-2-1-3-5-13/h1-8,10,14,19-20H,9,11H2,(H,25,29)(H,26,27)/t14?,19?,20?,22-/m0/s1. The van der Waals surface area contributed by atoms with Gasteiger partial charge in [0.15, 0.2) is 6.19 Å². The molecule has 148 valence electrons. The zero-order chi connectivity index (χ0) is 20.3. The molecule has 3 aliphatic rings. The molecular weight excluding hydrogens is 396 g/mol. The van der Waals surface area contributed by atoms with Gasteiger partial charge < -0.3 is 10.2 Å². The molecule has 1 aromatic carbocycles. The average molecular weight is 414 g/mol. The summed E-state index contributed by atoms with van der Waals surface area (Å²) in [7, 11) is 0. The Morgan fingerprint density at radius 3 is 3.00 bits per heavy atom. The highest BCUT2D eigenvalue weighted by atomic mass is 32.2. The molecule has 6 rings (SSSR count). The van der Waals surface area contributed by atoms with E-state index < -0.39 is 0 Å². The number of H-pyrrole nitrogens is 1. The lowest BCUT2D eigenvalue weighted by atomic mass is 9.76. The van der Waals surface area contributed by atoms with Crippen LogP contribution in [-0.2, 0) is 0 Å². The number of aromatic amines is 1. The van der Waals surface area contributed by atoms with Crippen molar-refractivity contribution in [1.29, 1.82) is 5.26 Å². The minimum atomic E-state index is -0.254. The van der Waals surface area contributed by atoms with Crippen molar-refractivity contribution in [2.24, 2.45) is 11.8 Å². The topological polar surface area (TPSA) is 97.7 Å². The number of carbonyl (C=O) groups excluding carboxylic acids is 1. The second kappa shape index (κ2) is 6.34. The minimum Gasteiger partial charge on any atom is -0.343 e. The number of fused-ring (bicyclic) bond motifs is 1. The van der Waals surface area contributed by atoms with Crippen LogP contribution in [0.4, 0.5) is 0 Å². The maximum absolute atomic E-state index is 12.9. The minimum absolute atomic E-state index is 0.168. The Labute approximate surface area is 177 Å². The number of rotatable bonds is 5. The third-order valence-corrected chi connectivity index (χ3v) is 7.60. The fourth-order valence-electron chi connectivity index (χ4n) is 5.16. The average Bonchev–Trinajstić information content (AvgIpc) is 3.07. The van der Waals surface area contributed by atoms with Crippen LogP contribution < -0.4 is 5.32 Å². The summed E-state index contributed by atoms with van der Waals surface area (Å²) in [6.45, 7) is 0.614. The predicted molar refractivity (Wildman–Crippen MR) is 110 cm³/mol. The van der Waals surface area contributed by atoms with Gasteiger partial charge in [-0.1, -0.05) is 30.0 Å². The largest absolute Gasteiger partial charge is 0.343 e. The van der Waals surface area contributed by atoms with Crippen LogP contribution in [0.5, 0.6) is 0 Å². The van der Waals surface area contributed by atoms with E-state index in [-0.39, 0.29) is 11.4 Å². The SMILES string of the molecule is N#CN1C[C@@]2(NC(=O)c3cc(-c4cnccc4Sc4ccccc4)n[nH]3)CC3C1C32. The molecule has 2 N–H and O–H groups in total. The molecule has 0 radical (unpaired) electrons. The van der Waals surface area contributed by atoms with Crippen LogP contribution in [0.25, 0.3) is 11.3 Å². The summed E-state index contributed by atoms with van der Waals surface area (Å²) in [5, 5.41) is 19.7. The number of benzene rings is 1.